The summed E-state index contributed by atoms with van der Waals surface area (Å²) in [6.07, 6.45) is 2.84. The van der Waals surface area contributed by atoms with Crippen LogP contribution in [0.2, 0.25) is 0 Å². The summed E-state index contributed by atoms with van der Waals surface area (Å²) in [5.74, 6) is 1.83. The Hall–Kier alpha value is -1.49. The average molecular weight is 203 g/mol. The Morgan fingerprint density at radius 3 is 2.33 bits per heavy atom. The maximum absolute atomic E-state index is 8.35. The highest BCUT2D eigenvalue weighted by Crippen LogP contribution is 2.27. The van der Waals surface area contributed by atoms with E-state index in [1.807, 2.05) is 24.3 Å². The van der Waals surface area contributed by atoms with E-state index in [4.69, 9.17) is 10.00 Å². The van der Waals surface area contributed by atoms with Crippen LogP contribution in [-0.4, -0.2) is 0 Å². The van der Waals surface area contributed by atoms with Crippen molar-refractivity contribution in [3.63, 3.8) is 0 Å². The second-order valence-corrected chi connectivity index (χ2v) is 3.94. The van der Waals surface area contributed by atoms with E-state index in [2.05, 4.69) is 20.8 Å². The number of ether oxygens (including phenoxy) is 1. The molecule has 0 saturated heterocycles. The maximum Gasteiger partial charge on any atom is 0.292 e. The van der Waals surface area contributed by atoms with Crippen molar-refractivity contribution in [2.75, 3.05) is 0 Å². The molecule has 2 heteroatoms. The Morgan fingerprint density at radius 1 is 1.27 bits per heavy atom. The predicted octanol–water partition coefficient (Wildman–Crippen LogP) is 3.70. The lowest BCUT2D eigenvalue weighted by Crippen LogP contribution is -2.04. The third kappa shape index (κ3) is 2.99. The summed E-state index contributed by atoms with van der Waals surface area (Å²) in [5.41, 5.74) is 1.30. The highest BCUT2D eigenvalue weighted by Gasteiger charge is 2.12. The van der Waals surface area contributed by atoms with Gasteiger partial charge >= 0.3 is 0 Å². The highest BCUT2D eigenvalue weighted by molar-refractivity contribution is 5.30. The summed E-state index contributed by atoms with van der Waals surface area (Å²) in [6.45, 7) is 6.69. The van der Waals surface area contributed by atoms with Crippen LogP contribution in [0.25, 0.3) is 0 Å². The molecule has 80 valence electrons. The standard InChI is InChI=1S/C13H17NO/c1-4-10(2)11(3)12-5-7-13(8-6-12)15-9-14/h5-8,10-11H,4H2,1-3H3. The van der Waals surface area contributed by atoms with Crippen molar-refractivity contribution in [2.45, 2.75) is 33.1 Å². The lowest BCUT2D eigenvalue weighted by atomic mass is 9.87. The molecular weight excluding hydrogens is 186 g/mol. The minimum atomic E-state index is 0.547. The molecule has 0 spiro atoms. The summed E-state index contributed by atoms with van der Waals surface area (Å²) in [4.78, 5) is 0. The molecule has 2 atom stereocenters. The summed E-state index contributed by atoms with van der Waals surface area (Å²) in [7, 11) is 0. The van der Waals surface area contributed by atoms with Gasteiger partial charge in [-0.15, -0.1) is 5.26 Å². The molecule has 2 unspecified atom stereocenters. The van der Waals surface area contributed by atoms with E-state index in [0.29, 0.717) is 17.6 Å². The lowest BCUT2D eigenvalue weighted by Gasteiger charge is -2.18. The summed E-state index contributed by atoms with van der Waals surface area (Å²) in [6, 6.07) is 7.75. The van der Waals surface area contributed by atoms with Crippen LogP contribution in [0.5, 0.6) is 5.75 Å². The predicted molar refractivity (Wildman–Crippen MR) is 60.6 cm³/mol. The van der Waals surface area contributed by atoms with Gasteiger partial charge in [-0.3, -0.25) is 0 Å². The van der Waals surface area contributed by atoms with Gasteiger partial charge in [-0.1, -0.05) is 39.3 Å². The fourth-order valence-corrected chi connectivity index (χ4v) is 1.57. The highest BCUT2D eigenvalue weighted by atomic mass is 16.5. The molecule has 0 fully saturated rings. The molecule has 0 aromatic heterocycles. The Kier molecular flexibility index (Phi) is 4.17. The van der Waals surface area contributed by atoms with E-state index in [-0.39, 0.29) is 0 Å². The van der Waals surface area contributed by atoms with Crippen LogP contribution in [0.3, 0.4) is 0 Å². The van der Waals surface area contributed by atoms with E-state index in [1.165, 1.54) is 12.0 Å². The second-order valence-electron chi connectivity index (χ2n) is 3.94. The zero-order chi connectivity index (χ0) is 11.3. The van der Waals surface area contributed by atoms with Gasteiger partial charge in [0.05, 0.1) is 0 Å². The van der Waals surface area contributed by atoms with E-state index in [9.17, 15) is 0 Å². The molecule has 0 amide bonds. The Morgan fingerprint density at radius 2 is 1.87 bits per heavy atom. The fraction of sp³-hybridized carbons (Fsp3) is 0.462. The monoisotopic (exact) mass is 203 g/mol. The largest absolute Gasteiger partial charge is 0.388 e. The molecular formula is C13H17NO. The number of nitrogens with zero attached hydrogens (tertiary/aromatic N) is 1. The molecule has 0 heterocycles. The summed E-state index contributed by atoms with van der Waals surface area (Å²) < 4.78 is 4.73. The topological polar surface area (TPSA) is 33.0 Å². The van der Waals surface area contributed by atoms with Crippen LogP contribution >= 0.6 is 0 Å². The van der Waals surface area contributed by atoms with Crippen LogP contribution in [0.15, 0.2) is 24.3 Å². The molecule has 1 aromatic carbocycles. The van der Waals surface area contributed by atoms with E-state index < -0.39 is 0 Å². The maximum atomic E-state index is 8.35. The molecule has 0 aliphatic carbocycles. The molecule has 1 rings (SSSR count). The lowest BCUT2D eigenvalue weighted by molar-refractivity contribution is 0.471. The first-order chi connectivity index (χ1) is 7.19. The smallest absolute Gasteiger partial charge is 0.292 e. The number of hydrogen-bond donors (Lipinski definition) is 0. The van der Waals surface area contributed by atoms with Gasteiger partial charge in [-0.25, -0.2) is 0 Å². The quantitative estimate of drug-likeness (QED) is 0.699. The second kappa shape index (κ2) is 5.41. The van der Waals surface area contributed by atoms with Crippen molar-refractivity contribution < 1.29 is 4.74 Å². The van der Waals surface area contributed by atoms with Crippen LogP contribution in [0.1, 0.15) is 38.7 Å². The fourth-order valence-electron chi connectivity index (χ4n) is 1.57. The number of rotatable bonds is 4. The molecule has 15 heavy (non-hydrogen) atoms. The van der Waals surface area contributed by atoms with Gasteiger partial charge in [0.2, 0.25) is 0 Å². The molecule has 2 nitrogen and oxygen atoms in total. The van der Waals surface area contributed by atoms with Gasteiger partial charge in [0.15, 0.2) is 0 Å². The van der Waals surface area contributed by atoms with Gasteiger partial charge < -0.3 is 4.74 Å². The molecule has 1 aromatic rings. The number of nitriles is 1. The van der Waals surface area contributed by atoms with E-state index in [1.54, 1.807) is 6.26 Å². The molecule has 0 radical (unpaired) electrons. The Labute approximate surface area is 91.5 Å². The average Bonchev–Trinajstić information content (AvgIpc) is 2.28. The van der Waals surface area contributed by atoms with Gasteiger partial charge in [0, 0.05) is 0 Å². The minimum Gasteiger partial charge on any atom is -0.388 e. The first kappa shape index (κ1) is 11.6. The van der Waals surface area contributed by atoms with E-state index >= 15 is 0 Å². The van der Waals surface area contributed by atoms with Crippen molar-refractivity contribution in [3.8, 4) is 12.0 Å². The minimum absolute atomic E-state index is 0.547. The SMILES string of the molecule is CCC(C)C(C)c1ccc(OC#N)cc1. The zero-order valence-corrected chi connectivity index (χ0v) is 9.53. The molecule has 0 aliphatic heterocycles. The molecule has 0 saturated carbocycles. The van der Waals surface area contributed by atoms with Crippen LogP contribution < -0.4 is 4.74 Å². The first-order valence-electron chi connectivity index (χ1n) is 5.35. The molecule has 0 bridgehead atoms. The Bertz CT molecular complexity index is 337. The summed E-state index contributed by atoms with van der Waals surface area (Å²) >= 11 is 0. The van der Waals surface area contributed by atoms with Crippen molar-refractivity contribution in [1.82, 2.24) is 0 Å². The van der Waals surface area contributed by atoms with Crippen LogP contribution in [0, 0.1) is 17.4 Å². The summed E-state index contributed by atoms with van der Waals surface area (Å²) in [5, 5.41) is 8.35. The van der Waals surface area contributed by atoms with Gasteiger partial charge in [0.1, 0.15) is 5.75 Å². The first-order valence-corrected chi connectivity index (χ1v) is 5.35. The number of hydrogen-bond acceptors (Lipinski definition) is 2. The molecule has 0 aliphatic rings. The third-order valence-corrected chi connectivity index (χ3v) is 3.07. The van der Waals surface area contributed by atoms with Gasteiger partial charge in [-0.2, -0.15) is 0 Å². The van der Waals surface area contributed by atoms with Crippen LogP contribution in [0.4, 0.5) is 0 Å². The van der Waals surface area contributed by atoms with Crippen molar-refractivity contribution in [1.29, 1.82) is 5.26 Å². The third-order valence-electron chi connectivity index (χ3n) is 3.07. The van der Waals surface area contributed by atoms with E-state index in [0.717, 1.165) is 0 Å². The number of benzene rings is 1. The Balaban J connectivity index is 2.76. The van der Waals surface area contributed by atoms with Crippen molar-refractivity contribution in [3.05, 3.63) is 29.8 Å². The normalized spacial score (nSPS) is 14.0. The van der Waals surface area contributed by atoms with Gasteiger partial charge in [0.25, 0.3) is 6.26 Å². The van der Waals surface area contributed by atoms with Gasteiger partial charge in [-0.05, 0) is 29.5 Å². The zero-order valence-electron chi connectivity index (χ0n) is 9.53. The van der Waals surface area contributed by atoms with Crippen molar-refractivity contribution in [2.24, 2.45) is 5.92 Å². The molecule has 0 N–H and O–H groups in total. The van der Waals surface area contributed by atoms with Crippen molar-refractivity contribution >= 4 is 0 Å². The van der Waals surface area contributed by atoms with Crippen LogP contribution in [-0.2, 0) is 0 Å².